The first kappa shape index (κ1) is 28.8. The number of rotatable bonds is 4. The number of methoxy groups -OCH3 is 1. The smallest absolute Gasteiger partial charge is 0.309 e. The van der Waals surface area contributed by atoms with Crippen LogP contribution in [0.1, 0.15) is 86.5 Å². The monoisotopic (exact) mass is 550 g/mol. The molecule has 0 heterocycles. The standard InChI is InChI=1S/C33H46N2O5/c1-20-21-8-9-24-31(4,22(21)18-23(36)26(20)37)13-15-33(6)25-19-30(3,35-28(39)27(38)34-16-17-40-7)12-10-29(25,2)11-14-32(24,33)5/h8-9,18,25,37H,10-17,19H2,1-7H3,(H,34,38)(H,35,39)/t25?,29-,30-,31+,32-,33+/m1/s1. The van der Waals surface area contributed by atoms with Crippen LogP contribution in [0.25, 0.3) is 0 Å². The second-order valence-corrected chi connectivity index (χ2v) is 14.3. The van der Waals surface area contributed by atoms with Crippen LogP contribution in [0.2, 0.25) is 0 Å². The fourth-order valence-corrected chi connectivity index (χ4v) is 9.25. The van der Waals surface area contributed by atoms with Crippen molar-refractivity contribution in [3.05, 3.63) is 46.3 Å². The minimum absolute atomic E-state index is 0.0178. The molecule has 0 spiro atoms. The molecule has 3 fully saturated rings. The van der Waals surface area contributed by atoms with E-state index in [4.69, 9.17) is 4.74 Å². The molecule has 5 rings (SSSR count). The van der Waals surface area contributed by atoms with Gasteiger partial charge in [-0.05, 0) is 98.2 Å². The Morgan fingerprint density at radius 3 is 2.40 bits per heavy atom. The number of amides is 2. The molecule has 2 amide bonds. The third kappa shape index (κ3) is 4.06. The topological polar surface area (TPSA) is 105 Å². The quantitative estimate of drug-likeness (QED) is 0.328. The number of carbonyl (C=O) groups excluding carboxylic acids is 3. The predicted molar refractivity (Wildman–Crippen MR) is 154 cm³/mol. The third-order valence-corrected chi connectivity index (χ3v) is 12.1. The number of ketones is 1. The fraction of sp³-hybridized carbons (Fsp3) is 0.667. The van der Waals surface area contributed by atoms with Crippen LogP contribution >= 0.6 is 0 Å². The average Bonchev–Trinajstić information content (AvgIpc) is 2.90. The molecule has 5 aliphatic carbocycles. The van der Waals surface area contributed by atoms with Crippen molar-refractivity contribution in [3.8, 4) is 0 Å². The van der Waals surface area contributed by atoms with Crippen LogP contribution in [0.15, 0.2) is 46.3 Å². The summed E-state index contributed by atoms with van der Waals surface area (Å²) in [5, 5.41) is 16.1. The van der Waals surface area contributed by atoms with Crippen molar-refractivity contribution in [2.24, 2.45) is 27.6 Å². The molecule has 0 aromatic heterocycles. The summed E-state index contributed by atoms with van der Waals surface area (Å²) < 4.78 is 4.98. The van der Waals surface area contributed by atoms with Crippen molar-refractivity contribution in [2.75, 3.05) is 20.3 Å². The number of allylic oxidation sites excluding steroid dienone is 7. The Labute approximate surface area is 238 Å². The number of nitrogens with one attached hydrogen (secondary N) is 2. The molecular formula is C33H46N2O5. The molecule has 6 atom stereocenters. The van der Waals surface area contributed by atoms with Gasteiger partial charge in [0.1, 0.15) is 0 Å². The summed E-state index contributed by atoms with van der Waals surface area (Å²) in [5.74, 6) is -1.27. The van der Waals surface area contributed by atoms with E-state index in [1.165, 1.54) is 5.57 Å². The number of ether oxygens (including phenoxy) is 1. The summed E-state index contributed by atoms with van der Waals surface area (Å²) in [6, 6.07) is 0. The molecule has 0 radical (unpaired) electrons. The van der Waals surface area contributed by atoms with E-state index in [9.17, 15) is 19.5 Å². The average molecular weight is 551 g/mol. The Balaban J connectivity index is 1.47. The van der Waals surface area contributed by atoms with Crippen LogP contribution in [0.5, 0.6) is 0 Å². The van der Waals surface area contributed by atoms with E-state index in [0.717, 1.165) is 56.1 Å². The second kappa shape index (κ2) is 9.43. The summed E-state index contributed by atoms with van der Waals surface area (Å²) in [5.41, 5.74) is 3.40. The number of aliphatic hydroxyl groups excluding tert-OH is 1. The second-order valence-electron chi connectivity index (χ2n) is 14.3. The van der Waals surface area contributed by atoms with Crippen LogP contribution in [0.3, 0.4) is 0 Å². The molecule has 7 nitrogen and oxygen atoms in total. The summed E-state index contributed by atoms with van der Waals surface area (Å²) in [6.45, 7) is 14.2. The summed E-state index contributed by atoms with van der Waals surface area (Å²) in [7, 11) is 1.56. The number of aliphatic hydroxyl groups is 1. The molecule has 0 aliphatic heterocycles. The number of hydrogen-bond acceptors (Lipinski definition) is 5. The Bertz CT molecular complexity index is 1290. The lowest BCUT2D eigenvalue weighted by molar-refractivity contribution is -0.157. The van der Waals surface area contributed by atoms with Crippen LogP contribution in [-0.2, 0) is 19.1 Å². The van der Waals surface area contributed by atoms with Gasteiger partial charge in [0.25, 0.3) is 0 Å². The van der Waals surface area contributed by atoms with Gasteiger partial charge in [0.15, 0.2) is 5.76 Å². The highest BCUT2D eigenvalue weighted by Crippen LogP contribution is 2.75. The van der Waals surface area contributed by atoms with Crippen LogP contribution in [0.4, 0.5) is 0 Å². The molecule has 3 saturated carbocycles. The first-order valence-electron chi connectivity index (χ1n) is 14.8. The Hall–Kier alpha value is -2.67. The molecule has 0 saturated heterocycles. The van der Waals surface area contributed by atoms with E-state index < -0.39 is 17.4 Å². The van der Waals surface area contributed by atoms with Crippen LogP contribution in [0, 0.1) is 27.6 Å². The van der Waals surface area contributed by atoms with Gasteiger partial charge in [0.05, 0.1) is 6.61 Å². The van der Waals surface area contributed by atoms with Gasteiger partial charge in [0, 0.05) is 30.2 Å². The Morgan fingerprint density at radius 2 is 1.70 bits per heavy atom. The van der Waals surface area contributed by atoms with E-state index in [-0.39, 0.29) is 33.2 Å². The molecule has 0 aromatic rings. The highest BCUT2D eigenvalue weighted by atomic mass is 16.5. The highest BCUT2D eigenvalue weighted by Gasteiger charge is 2.66. The van der Waals surface area contributed by atoms with Crippen molar-refractivity contribution in [1.82, 2.24) is 10.6 Å². The maximum absolute atomic E-state index is 12.9. The minimum Gasteiger partial charge on any atom is -0.504 e. The maximum atomic E-state index is 12.9. The van der Waals surface area contributed by atoms with Gasteiger partial charge in [-0.25, -0.2) is 0 Å². The van der Waals surface area contributed by atoms with Crippen molar-refractivity contribution >= 4 is 17.6 Å². The summed E-state index contributed by atoms with van der Waals surface area (Å²) in [4.78, 5) is 38.1. The lowest BCUT2D eigenvalue weighted by atomic mass is 9.35. The highest BCUT2D eigenvalue weighted by molar-refractivity contribution is 6.35. The molecule has 3 N–H and O–H groups in total. The van der Waals surface area contributed by atoms with E-state index in [2.05, 4.69) is 57.4 Å². The van der Waals surface area contributed by atoms with Crippen molar-refractivity contribution in [1.29, 1.82) is 0 Å². The first-order chi connectivity index (χ1) is 18.6. The van der Waals surface area contributed by atoms with E-state index in [1.54, 1.807) is 13.2 Å². The number of carbonyl (C=O) groups is 3. The van der Waals surface area contributed by atoms with Gasteiger partial charge in [0.2, 0.25) is 5.78 Å². The van der Waals surface area contributed by atoms with Gasteiger partial charge >= 0.3 is 11.8 Å². The summed E-state index contributed by atoms with van der Waals surface area (Å²) in [6.07, 6.45) is 12.9. The lowest BCUT2D eigenvalue weighted by Crippen LogP contribution is -2.64. The molecule has 0 aromatic carbocycles. The first-order valence-corrected chi connectivity index (χ1v) is 14.8. The van der Waals surface area contributed by atoms with E-state index >= 15 is 0 Å². The molecule has 0 bridgehead atoms. The molecule has 7 heteroatoms. The SMILES string of the molecule is COCCNC(=O)C(=O)N[C@]1(C)CC[C@]2(C)CC[C@]3(C)C4=CC=C5C(=CC(=O)C(O)=C5C)[C@]4(C)CC[C@@]3(C)C2C1. The summed E-state index contributed by atoms with van der Waals surface area (Å²) >= 11 is 0. The fourth-order valence-electron chi connectivity index (χ4n) is 9.25. The minimum atomic E-state index is -0.611. The molecular weight excluding hydrogens is 504 g/mol. The van der Waals surface area contributed by atoms with Crippen molar-refractivity contribution in [3.63, 3.8) is 0 Å². The molecule has 1 unspecified atom stereocenters. The zero-order valence-electron chi connectivity index (χ0n) is 25.3. The van der Waals surface area contributed by atoms with Gasteiger partial charge in [-0.15, -0.1) is 0 Å². The number of hydrogen-bond donors (Lipinski definition) is 3. The zero-order chi connectivity index (χ0) is 29.3. The van der Waals surface area contributed by atoms with Gasteiger partial charge in [-0.3, -0.25) is 14.4 Å². The largest absolute Gasteiger partial charge is 0.504 e. The van der Waals surface area contributed by atoms with Crippen molar-refractivity contribution < 1.29 is 24.2 Å². The van der Waals surface area contributed by atoms with E-state index in [1.807, 2.05) is 6.92 Å². The van der Waals surface area contributed by atoms with Gasteiger partial charge in [-0.2, -0.15) is 0 Å². The lowest BCUT2D eigenvalue weighted by Gasteiger charge is -2.70. The Kier molecular flexibility index (Phi) is 6.80. The number of fused-ring (bicyclic) bond motifs is 7. The maximum Gasteiger partial charge on any atom is 0.309 e. The van der Waals surface area contributed by atoms with Crippen LogP contribution < -0.4 is 10.6 Å². The van der Waals surface area contributed by atoms with E-state index in [0.29, 0.717) is 24.6 Å². The van der Waals surface area contributed by atoms with Gasteiger partial charge in [-0.1, -0.05) is 45.4 Å². The van der Waals surface area contributed by atoms with Gasteiger partial charge < -0.3 is 20.5 Å². The molecule has 40 heavy (non-hydrogen) atoms. The van der Waals surface area contributed by atoms with Crippen molar-refractivity contribution in [2.45, 2.75) is 92.0 Å². The zero-order valence-corrected chi connectivity index (χ0v) is 25.3. The molecule has 218 valence electrons. The van der Waals surface area contributed by atoms with Crippen LogP contribution in [-0.4, -0.2) is 48.5 Å². The predicted octanol–water partition coefficient (Wildman–Crippen LogP) is 5.24. The normalized spacial score (nSPS) is 40.4. The third-order valence-electron chi connectivity index (χ3n) is 12.1. The Morgan fingerprint density at radius 1 is 1.00 bits per heavy atom. The molecule has 5 aliphatic rings.